The maximum Gasteiger partial charge on any atom is 0.166 e. The quantitative estimate of drug-likeness (QED) is 0.634. The average Bonchev–Trinajstić information content (AvgIpc) is 2.36. The highest BCUT2D eigenvalue weighted by atomic mass is 32.1. The summed E-state index contributed by atoms with van der Waals surface area (Å²) in [4.78, 5) is 3.50. The Kier molecular flexibility index (Phi) is 6.59. The first kappa shape index (κ1) is 15.7. The van der Waals surface area contributed by atoms with Gasteiger partial charge in [-0.25, -0.2) is 0 Å². The van der Waals surface area contributed by atoms with Gasteiger partial charge in [0, 0.05) is 26.3 Å². The van der Waals surface area contributed by atoms with Crippen LogP contribution in [0.4, 0.5) is 5.69 Å². The number of nitrogens with one attached hydrogen (secondary N) is 3. The predicted octanol–water partition coefficient (Wildman–Crippen LogP) is -0.139. The molecule has 106 valence electrons. The largest absolute Gasteiger partial charge is 0.378 e. The molecule has 19 heavy (non-hydrogen) atoms. The number of rotatable bonds is 6. The van der Waals surface area contributed by atoms with Gasteiger partial charge in [0.15, 0.2) is 5.11 Å². The van der Waals surface area contributed by atoms with E-state index < -0.39 is 0 Å². The maximum atomic E-state index is 5.23. The molecule has 0 aliphatic rings. The molecule has 0 spiro atoms. The van der Waals surface area contributed by atoms with E-state index in [9.17, 15) is 0 Å². The van der Waals surface area contributed by atoms with Gasteiger partial charge in [0.25, 0.3) is 0 Å². The molecule has 0 heterocycles. The minimum Gasteiger partial charge on any atom is -0.378 e. The fraction of sp³-hybridized carbons (Fsp3) is 0.500. The molecule has 0 bridgehead atoms. The Morgan fingerprint density at radius 3 is 2.32 bits per heavy atom. The molecule has 0 saturated carbocycles. The molecule has 0 radical (unpaired) electrons. The second-order valence-electron chi connectivity index (χ2n) is 5.13. The second kappa shape index (κ2) is 7.96. The minimum absolute atomic E-state index is 0.720. The second-order valence-corrected chi connectivity index (χ2v) is 5.54. The van der Waals surface area contributed by atoms with E-state index in [1.54, 1.807) is 0 Å². The number of anilines is 1. The van der Waals surface area contributed by atoms with Crippen molar-refractivity contribution in [3.8, 4) is 0 Å². The molecule has 0 amide bonds. The van der Waals surface area contributed by atoms with Crippen LogP contribution in [0.2, 0.25) is 0 Å². The van der Waals surface area contributed by atoms with Gasteiger partial charge in [-0.05, 0) is 29.9 Å². The summed E-state index contributed by atoms with van der Waals surface area (Å²) >= 11 is 5.23. The predicted molar refractivity (Wildman–Crippen MR) is 85.9 cm³/mol. The van der Waals surface area contributed by atoms with Crippen LogP contribution in [0.5, 0.6) is 0 Å². The number of benzene rings is 1. The highest BCUT2D eigenvalue weighted by molar-refractivity contribution is 7.80. The van der Waals surface area contributed by atoms with E-state index in [4.69, 9.17) is 12.2 Å². The SMILES string of the molecule is CN(C)c1ccc(CNC(=S)NCC[NH+](C)C)cc1. The van der Waals surface area contributed by atoms with Gasteiger partial charge in [-0.15, -0.1) is 0 Å². The fourth-order valence-electron chi connectivity index (χ4n) is 1.58. The summed E-state index contributed by atoms with van der Waals surface area (Å²) in [7, 11) is 8.34. The molecule has 5 heteroatoms. The van der Waals surface area contributed by atoms with Crippen LogP contribution in [-0.2, 0) is 6.54 Å². The monoisotopic (exact) mass is 281 g/mol. The van der Waals surface area contributed by atoms with E-state index in [1.165, 1.54) is 16.2 Å². The molecule has 0 atom stereocenters. The van der Waals surface area contributed by atoms with Crippen molar-refractivity contribution >= 4 is 23.0 Å². The number of hydrogen-bond acceptors (Lipinski definition) is 2. The van der Waals surface area contributed by atoms with Crippen molar-refractivity contribution in [2.24, 2.45) is 0 Å². The lowest BCUT2D eigenvalue weighted by Gasteiger charge is -2.14. The lowest BCUT2D eigenvalue weighted by molar-refractivity contribution is -0.856. The molecule has 0 aliphatic carbocycles. The summed E-state index contributed by atoms with van der Waals surface area (Å²) in [6.45, 7) is 2.71. The van der Waals surface area contributed by atoms with Gasteiger partial charge in [-0.2, -0.15) is 0 Å². The van der Waals surface area contributed by atoms with Gasteiger partial charge in [0.1, 0.15) is 0 Å². The van der Waals surface area contributed by atoms with Crippen molar-refractivity contribution in [2.75, 3.05) is 46.2 Å². The molecule has 1 rings (SSSR count). The Balaban J connectivity index is 2.30. The molecule has 0 aromatic heterocycles. The molecular weight excluding hydrogens is 256 g/mol. The Labute approximate surface area is 121 Å². The lowest BCUT2D eigenvalue weighted by atomic mass is 10.2. The van der Waals surface area contributed by atoms with Crippen molar-refractivity contribution in [3.63, 3.8) is 0 Å². The van der Waals surface area contributed by atoms with Crippen LogP contribution in [0.25, 0.3) is 0 Å². The lowest BCUT2D eigenvalue weighted by Crippen LogP contribution is -3.06. The van der Waals surface area contributed by atoms with E-state index >= 15 is 0 Å². The van der Waals surface area contributed by atoms with Gasteiger partial charge in [-0.1, -0.05) is 12.1 Å². The zero-order valence-corrected chi connectivity index (χ0v) is 13.1. The summed E-state index contributed by atoms with van der Waals surface area (Å²) in [5, 5.41) is 7.14. The van der Waals surface area contributed by atoms with Crippen molar-refractivity contribution in [1.29, 1.82) is 0 Å². The molecule has 0 aliphatic heterocycles. The molecule has 1 aromatic carbocycles. The summed E-state index contributed by atoms with van der Waals surface area (Å²) < 4.78 is 0. The molecule has 1 aromatic rings. The van der Waals surface area contributed by atoms with Crippen LogP contribution in [0.1, 0.15) is 5.56 Å². The van der Waals surface area contributed by atoms with Gasteiger partial charge < -0.3 is 20.4 Å². The first-order valence-corrected chi connectivity index (χ1v) is 6.97. The zero-order chi connectivity index (χ0) is 14.3. The summed E-state index contributed by atoms with van der Waals surface area (Å²) in [5.74, 6) is 0. The number of likely N-dealkylation sites (N-methyl/N-ethyl adjacent to an activating group) is 1. The first-order valence-electron chi connectivity index (χ1n) is 6.56. The van der Waals surface area contributed by atoms with Crippen molar-refractivity contribution in [2.45, 2.75) is 6.54 Å². The van der Waals surface area contributed by atoms with E-state index in [0.717, 1.165) is 24.7 Å². The summed E-state index contributed by atoms with van der Waals surface area (Å²) in [6.07, 6.45) is 0. The summed E-state index contributed by atoms with van der Waals surface area (Å²) in [5.41, 5.74) is 2.44. The van der Waals surface area contributed by atoms with E-state index in [0.29, 0.717) is 0 Å². The molecular formula is C14H25N4S+. The molecule has 0 unspecified atom stereocenters. The van der Waals surface area contributed by atoms with Gasteiger partial charge in [-0.3, -0.25) is 0 Å². The summed E-state index contributed by atoms with van der Waals surface area (Å²) in [6, 6.07) is 8.47. The first-order chi connectivity index (χ1) is 8.99. The minimum atomic E-state index is 0.720. The van der Waals surface area contributed by atoms with Crippen LogP contribution in [-0.4, -0.2) is 46.4 Å². The van der Waals surface area contributed by atoms with Crippen molar-refractivity contribution in [1.82, 2.24) is 10.6 Å². The van der Waals surface area contributed by atoms with Crippen LogP contribution in [0.15, 0.2) is 24.3 Å². The molecule has 4 nitrogen and oxygen atoms in total. The molecule has 0 fully saturated rings. The Morgan fingerprint density at radius 1 is 1.16 bits per heavy atom. The fourth-order valence-corrected chi connectivity index (χ4v) is 1.76. The van der Waals surface area contributed by atoms with Crippen LogP contribution >= 0.6 is 12.2 Å². The van der Waals surface area contributed by atoms with E-state index in [2.05, 4.69) is 53.9 Å². The third kappa shape index (κ3) is 6.40. The van der Waals surface area contributed by atoms with E-state index in [1.807, 2.05) is 14.1 Å². The highest BCUT2D eigenvalue weighted by Crippen LogP contribution is 2.11. The molecule has 0 saturated heterocycles. The van der Waals surface area contributed by atoms with Gasteiger partial charge in [0.05, 0.1) is 27.2 Å². The zero-order valence-electron chi connectivity index (χ0n) is 12.3. The van der Waals surface area contributed by atoms with Crippen LogP contribution in [0.3, 0.4) is 0 Å². The Morgan fingerprint density at radius 2 is 1.79 bits per heavy atom. The van der Waals surface area contributed by atoms with Crippen LogP contribution in [0, 0.1) is 0 Å². The topological polar surface area (TPSA) is 31.7 Å². The number of hydrogen-bond donors (Lipinski definition) is 3. The Hall–Kier alpha value is -1.33. The standard InChI is InChI=1S/C14H24N4S/c1-17(2)10-9-15-14(19)16-11-12-5-7-13(8-6-12)18(3)4/h5-8H,9-11H2,1-4H3,(H2,15,16,19)/p+1. The van der Waals surface area contributed by atoms with Crippen LogP contribution < -0.4 is 20.4 Å². The number of nitrogens with zero attached hydrogens (tertiary/aromatic N) is 1. The average molecular weight is 281 g/mol. The van der Waals surface area contributed by atoms with Gasteiger partial charge >= 0.3 is 0 Å². The smallest absolute Gasteiger partial charge is 0.166 e. The van der Waals surface area contributed by atoms with E-state index in [-0.39, 0.29) is 0 Å². The normalized spacial score (nSPS) is 10.4. The van der Waals surface area contributed by atoms with Crippen molar-refractivity contribution in [3.05, 3.63) is 29.8 Å². The maximum absolute atomic E-state index is 5.23. The van der Waals surface area contributed by atoms with Crippen molar-refractivity contribution < 1.29 is 4.90 Å². The Bertz CT molecular complexity index is 387. The molecule has 3 N–H and O–H groups in total. The van der Waals surface area contributed by atoms with Gasteiger partial charge in [0.2, 0.25) is 0 Å². The third-order valence-electron chi connectivity index (χ3n) is 2.82. The number of thiocarbonyl (C=S) groups is 1. The number of quaternary nitrogens is 1. The third-order valence-corrected chi connectivity index (χ3v) is 3.11. The highest BCUT2D eigenvalue weighted by Gasteiger charge is 1.99.